The maximum Gasteiger partial charge on any atom is 0.0908 e. The molecule has 0 fully saturated rings. The number of nitrogens with zero attached hydrogens (tertiary/aromatic N) is 2. The molecule has 0 saturated heterocycles. The van der Waals surface area contributed by atoms with Crippen LogP contribution < -0.4 is 0 Å². The van der Waals surface area contributed by atoms with E-state index in [4.69, 9.17) is 4.74 Å². The summed E-state index contributed by atoms with van der Waals surface area (Å²) in [6.07, 6.45) is 4.68. The van der Waals surface area contributed by atoms with E-state index in [1.165, 1.54) is 0 Å². The van der Waals surface area contributed by atoms with E-state index in [-0.39, 0.29) is 0 Å². The van der Waals surface area contributed by atoms with Gasteiger partial charge in [-0.25, -0.2) is 0 Å². The third kappa shape index (κ3) is 4.42. The lowest BCUT2D eigenvalue weighted by Gasteiger charge is -2.21. The van der Waals surface area contributed by atoms with E-state index < -0.39 is 5.60 Å². The predicted octanol–water partition coefficient (Wildman–Crippen LogP) is 2.57. The molecule has 0 aliphatic heterocycles. The van der Waals surface area contributed by atoms with Crippen molar-refractivity contribution in [2.75, 3.05) is 13.2 Å². The molecule has 18 heavy (non-hydrogen) atoms. The molecule has 104 valence electrons. The van der Waals surface area contributed by atoms with Crippen LogP contribution in [0.25, 0.3) is 0 Å². The largest absolute Gasteiger partial charge is 0.387 e. The molecular formula is C14H26N2O2. The van der Waals surface area contributed by atoms with E-state index >= 15 is 0 Å². The number of hydrogen-bond acceptors (Lipinski definition) is 3. The average Bonchev–Trinajstić information content (AvgIpc) is 2.76. The fourth-order valence-corrected chi connectivity index (χ4v) is 2.10. The first-order chi connectivity index (χ1) is 8.52. The third-order valence-corrected chi connectivity index (χ3v) is 3.16. The number of ether oxygens (including phenoxy) is 1. The first kappa shape index (κ1) is 15.2. The summed E-state index contributed by atoms with van der Waals surface area (Å²) in [5, 5.41) is 14.7. The van der Waals surface area contributed by atoms with Crippen molar-refractivity contribution in [3.05, 3.63) is 18.0 Å². The van der Waals surface area contributed by atoms with Crippen LogP contribution in [-0.2, 0) is 11.2 Å². The van der Waals surface area contributed by atoms with Crippen LogP contribution in [0.1, 0.15) is 52.3 Å². The van der Waals surface area contributed by atoms with Crippen LogP contribution in [0.5, 0.6) is 0 Å². The Labute approximate surface area is 110 Å². The molecule has 1 aromatic rings. The lowest BCUT2D eigenvalue weighted by atomic mass is 10.0. The van der Waals surface area contributed by atoms with Crippen molar-refractivity contribution in [1.82, 2.24) is 9.78 Å². The lowest BCUT2D eigenvalue weighted by Crippen LogP contribution is -2.33. The molecule has 1 heterocycles. The highest BCUT2D eigenvalue weighted by Crippen LogP contribution is 2.17. The Kier molecular flexibility index (Phi) is 5.82. The van der Waals surface area contributed by atoms with Gasteiger partial charge in [0.05, 0.1) is 23.9 Å². The highest BCUT2D eigenvalue weighted by molar-refractivity contribution is 5.04. The van der Waals surface area contributed by atoms with Gasteiger partial charge in [-0.3, -0.25) is 4.68 Å². The van der Waals surface area contributed by atoms with E-state index in [0.29, 0.717) is 25.7 Å². The molecule has 0 amide bonds. The van der Waals surface area contributed by atoms with Gasteiger partial charge in [0.1, 0.15) is 0 Å². The van der Waals surface area contributed by atoms with Crippen molar-refractivity contribution in [1.29, 1.82) is 0 Å². The smallest absolute Gasteiger partial charge is 0.0908 e. The molecule has 4 heteroatoms. The molecule has 0 aliphatic carbocycles. The van der Waals surface area contributed by atoms with Crippen molar-refractivity contribution < 1.29 is 9.84 Å². The molecule has 0 saturated carbocycles. The molecule has 4 nitrogen and oxygen atoms in total. The lowest BCUT2D eigenvalue weighted by molar-refractivity contribution is -0.0303. The van der Waals surface area contributed by atoms with Crippen molar-refractivity contribution in [3.8, 4) is 0 Å². The van der Waals surface area contributed by atoms with Gasteiger partial charge >= 0.3 is 0 Å². The number of rotatable bonds is 8. The van der Waals surface area contributed by atoms with Crippen LogP contribution >= 0.6 is 0 Å². The Bertz CT molecular complexity index is 343. The van der Waals surface area contributed by atoms with E-state index in [1.54, 1.807) is 6.92 Å². The number of hydrogen-bond donors (Lipinski definition) is 1. The van der Waals surface area contributed by atoms with Crippen LogP contribution in [-0.4, -0.2) is 33.7 Å². The van der Waals surface area contributed by atoms with E-state index in [1.807, 2.05) is 23.9 Å². The molecule has 1 atom stereocenters. The molecule has 0 aliphatic rings. The van der Waals surface area contributed by atoms with E-state index in [9.17, 15) is 5.11 Å². The van der Waals surface area contributed by atoms with Gasteiger partial charge in [0, 0.05) is 19.2 Å². The zero-order chi connectivity index (χ0) is 13.6. The first-order valence-corrected chi connectivity index (χ1v) is 6.86. The minimum Gasteiger partial charge on any atom is -0.387 e. The number of aromatic nitrogens is 2. The van der Waals surface area contributed by atoms with Crippen LogP contribution in [0, 0.1) is 0 Å². The third-order valence-electron chi connectivity index (χ3n) is 3.16. The number of aliphatic hydroxyl groups is 1. The minimum absolute atomic E-state index is 0.349. The molecule has 0 spiro atoms. The second-order valence-electron chi connectivity index (χ2n) is 5.07. The summed E-state index contributed by atoms with van der Waals surface area (Å²) < 4.78 is 7.29. The molecule has 0 bridgehead atoms. The normalized spacial score (nSPS) is 15.0. The average molecular weight is 254 g/mol. The van der Waals surface area contributed by atoms with Crippen molar-refractivity contribution in [3.63, 3.8) is 0 Å². The molecular weight excluding hydrogens is 228 g/mol. The standard InChI is InChI=1S/C14H26N2O2/c1-5-13(6-2)16-9-8-12(15-16)10-14(4,17)11-18-7-3/h8-9,13,17H,5-7,10-11H2,1-4H3. The van der Waals surface area contributed by atoms with Gasteiger partial charge in [-0.15, -0.1) is 0 Å². The topological polar surface area (TPSA) is 47.3 Å². The summed E-state index contributed by atoms with van der Waals surface area (Å²) in [7, 11) is 0. The molecule has 1 N–H and O–H groups in total. The van der Waals surface area contributed by atoms with Crippen molar-refractivity contribution >= 4 is 0 Å². The zero-order valence-corrected chi connectivity index (χ0v) is 12.0. The highest BCUT2D eigenvalue weighted by Gasteiger charge is 2.22. The maximum atomic E-state index is 10.2. The first-order valence-electron chi connectivity index (χ1n) is 6.86. The second kappa shape index (κ2) is 6.90. The minimum atomic E-state index is -0.844. The van der Waals surface area contributed by atoms with Gasteiger partial charge in [-0.2, -0.15) is 5.10 Å². The Hall–Kier alpha value is -0.870. The summed E-state index contributed by atoms with van der Waals surface area (Å²) in [5.41, 5.74) is 0.0787. The second-order valence-corrected chi connectivity index (χ2v) is 5.07. The predicted molar refractivity (Wildman–Crippen MR) is 72.7 cm³/mol. The molecule has 1 aromatic heterocycles. The maximum absolute atomic E-state index is 10.2. The summed E-state index contributed by atoms with van der Waals surface area (Å²) >= 11 is 0. The van der Waals surface area contributed by atoms with Crippen molar-refractivity contribution in [2.45, 2.75) is 58.6 Å². The summed E-state index contributed by atoms with van der Waals surface area (Å²) in [6.45, 7) is 9.03. The van der Waals surface area contributed by atoms with Gasteiger partial charge in [0.15, 0.2) is 0 Å². The summed E-state index contributed by atoms with van der Waals surface area (Å²) in [4.78, 5) is 0. The van der Waals surface area contributed by atoms with E-state index in [2.05, 4.69) is 18.9 Å². The highest BCUT2D eigenvalue weighted by atomic mass is 16.5. The Balaban J connectivity index is 2.63. The zero-order valence-electron chi connectivity index (χ0n) is 12.0. The van der Waals surface area contributed by atoms with Crippen LogP contribution in [0.3, 0.4) is 0 Å². The van der Waals surface area contributed by atoms with Crippen molar-refractivity contribution in [2.24, 2.45) is 0 Å². The van der Waals surface area contributed by atoms with E-state index in [0.717, 1.165) is 18.5 Å². The fraction of sp³-hybridized carbons (Fsp3) is 0.786. The fourth-order valence-electron chi connectivity index (χ4n) is 2.10. The molecule has 0 aromatic carbocycles. The Morgan fingerprint density at radius 1 is 1.39 bits per heavy atom. The van der Waals surface area contributed by atoms with Gasteiger partial charge in [-0.1, -0.05) is 13.8 Å². The van der Waals surface area contributed by atoms with Gasteiger partial charge < -0.3 is 9.84 Å². The van der Waals surface area contributed by atoms with Crippen LogP contribution in [0.2, 0.25) is 0 Å². The quantitative estimate of drug-likeness (QED) is 0.775. The molecule has 1 rings (SSSR count). The van der Waals surface area contributed by atoms with Gasteiger partial charge in [0.2, 0.25) is 0 Å². The van der Waals surface area contributed by atoms with Gasteiger partial charge in [0.25, 0.3) is 0 Å². The van der Waals surface area contributed by atoms with Crippen LogP contribution in [0.15, 0.2) is 12.3 Å². The Morgan fingerprint density at radius 3 is 2.61 bits per heavy atom. The summed E-state index contributed by atoms with van der Waals surface area (Å²) in [5.74, 6) is 0. The monoisotopic (exact) mass is 254 g/mol. The Morgan fingerprint density at radius 2 is 2.06 bits per heavy atom. The molecule has 1 unspecified atom stereocenters. The van der Waals surface area contributed by atoms with Gasteiger partial charge in [-0.05, 0) is 32.8 Å². The molecule has 0 radical (unpaired) electrons. The van der Waals surface area contributed by atoms with Crippen LogP contribution in [0.4, 0.5) is 0 Å². The summed E-state index contributed by atoms with van der Waals surface area (Å²) in [6, 6.07) is 2.44. The SMILES string of the molecule is CCOCC(C)(O)Cc1ccn(C(CC)CC)n1.